The van der Waals surface area contributed by atoms with Crippen molar-refractivity contribution in [2.75, 3.05) is 0 Å². The van der Waals surface area contributed by atoms with Gasteiger partial charge in [0.25, 0.3) is 0 Å². The Hall–Kier alpha value is -2.77. The molecule has 0 amide bonds. The molecule has 4 nitrogen and oxygen atoms in total. The number of benzene rings is 1. The lowest BCUT2D eigenvalue weighted by Gasteiger charge is -2.06. The SMILES string of the molecule is Cc1nc2ccc(C(F)(F)F)cn2c1N=Nc1ccccc1F. The molecule has 0 fully saturated rings. The molecule has 0 unspecified atom stereocenters. The van der Waals surface area contributed by atoms with E-state index in [2.05, 4.69) is 15.2 Å². The summed E-state index contributed by atoms with van der Waals surface area (Å²) in [4.78, 5) is 4.12. The summed E-state index contributed by atoms with van der Waals surface area (Å²) in [6.45, 7) is 1.59. The van der Waals surface area contributed by atoms with Gasteiger partial charge in [0.05, 0.1) is 11.3 Å². The molecule has 0 saturated carbocycles. The number of alkyl halides is 3. The van der Waals surface area contributed by atoms with Gasteiger partial charge in [-0.05, 0) is 31.2 Å². The normalized spacial score (nSPS) is 12.4. The number of nitrogens with zero attached hydrogens (tertiary/aromatic N) is 4. The van der Waals surface area contributed by atoms with E-state index in [9.17, 15) is 17.6 Å². The molecule has 0 N–H and O–H groups in total. The van der Waals surface area contributed by atoms with Gasteiger partial charge in [0, 0.05) is 6.20 Å². The Kier molecular flexibility index (Phi) is 3.59. The van der Waals surface area contributed by atoms with Gasteiger partial charge in [-0.3, -0.25) is 4.40 Å². The van der Waals surface area contributed by atoms with Gasteiger partial charge in [-0.1, -0.05) is 12.1 Å². The maximum Gasteiger partial charge on any atom is 0.417 e. The molecule has 0 radical (unpaired) electrons. The van der Waals surface area contributed by atoms with Crippen molar-refractivity contribution in [1.29, 1.82) is 0 Å². The molecular formula is C15H10F4N4. The van der Waals surface area contributed by atoms with Crippen LogP contribution in [0.15, 0.2) is 52.8 Å². The highest BCUT2D eigenvalue weighted by Crippen LogP contribution is 2.31. The fraction of sp³-hybridized carbons (Fsp3) is 0.133. The summed E-state index contributed by atoms with van der Waals surface area (Å²) >= 11 is 0. The lowest BCUT2D eigenvalue weighted by Crippen LogP contribution is -2.06. The van der Waals surface area contributed by atoms with Crippen molar-refractivity contribution in [3.63, 3.8) is 0 Å². The highest BCUT2D eigenvalue weighted by Gasteiger charge is 2.31. The van der Waals surface area contributed by atoms with E-state index in [1.807, 2.05) is 0 Å². The van der Waals surface area contributed by atoms with E-state index in [0.29, 0.717) is 11.3 Å². The molecule has 0 atom stereocenters. The molecule has 8 heteroatoms. The molecule has 0 saturated heterocycles. The Morgan fingerprint density at radius 2 is 1.78 bits per heavy atom. The average Bonchev–Trinajstić information content (AvgIpc) is 2.80. The third kappa shape index (κ3) is 2.92. The van der Waals surface area contributed by atoms with Crippen LogP contribution < -0.4 is 0 Å². The number of aryl methyl sites for hydroxylation is 1. The number of pyridine rings is 1. The van der Waals surface area contributed by atoms with Gasteiger partial charge in [0.2, 0.25) is 0 Å². The first kappa shape index (κ1) is 15.1. The van der Waals surface area contributed by atoms with E-state index >= 15 is 0 Å². The molecule has 2 heterocycles. The zero-order chi connectivity index (χ0) is 16.6. The number of hydrogen-bond donors (Lipinski definition) is 0. The van der Waals surface area contributed by atoms with Gasteiger partial charge < -0.3 is 0 Å². The zero-order valence-electron chi connectivity index (χ0n) is 11.8. The summed E-state index contributed by atoms with van der Waals surface area (Å²) in [7, 11) is 0. The van der Waals surface area contributed by atoms with Crippen LogP contribution in [0.5, 0.6) is 0 Å². The van der Waals surface area contributed by atoms with Crippen molar-refractivity contribution in [3.05, 3.63) is 59.7 Å². The van der Waals surface area contributed by atoms with Crippen molar-refractivity contribution in [1.82, 2.24) is 9.38 Å². The van der Waals surface area contributed by atoms with Crippen LogP contribution in [0, 0.1) is 12.7 Å². The van der Waals surface area contributed by atoms with Crippen LogP contribution in [0.25, 0.3) is 5.65 Å². The number of halogens is 4. The van der Waals surface area contributed by atoms with Crippen molar-refractivity contribution < 1.29 is 17.6 Å². The highest BCUT2D eigenvalue weighted by molar-refractivity contribution is 5.53. The Bertz CT molecular complexity index is 896. The first-order valence-electron chi connectivity index (χ1n) is 6.58. The lowest BCUT2D eigenvalue weighted by molar-refractivity contribution is -0.137. The third-order valence-electron chi connectivity index (χ3n) is 3.19. The fourth-order valence-electron chi connectivity index (χ4n) is 2.07. The second kappa shape index (κ2) is 5.45. The third-order valence-corrected chi connectivity index (χ3v) is 3.19. The average molecular weight is 322 g/mol. The minimum absolute atomic E-state index is 0.00572. The molecule has 3 rings (SSSR count). The van der Waals surface area contributed by atoms with Crippen LogP contribution in [0.1, 0.15) is 11.3 Å². The van der Waals surface area contributed by atoms with Crippen LogP contribution in [0.3, 0.4) is 0 Å². The highest BCUT2D eigenvalue weighted by atomic mass is 19.4. The summed E-state index contributed by atoms with van der Waals surface area (Å²) < 4.78 is 53.2. The van der Waals surface area contributed by atoms with E-state index in [4.69, 9.17) is 0 Å². The van der Waals surface area contributed by atoms with E-state index in [-0.39, 0.29) is 11.5 Å². The Morgan fingerprint density at radius 3 is 2.48 bits per heavy atom. The van der Waals surface area contributed by atoms with E-state index in [1.54, 1.807) is 13.0 Å². The molecule has 3 aromatic rings. The summed E-state index contributed by atoms with van der Waals surface area (Å²) in [5.74, 6) is -0.451. The molecule has 0 bridgehead atoms. The van der Waals surface area contributed by atoms with Crippen LogP contribution in [-0.4, -0.2) is 9.38 Å². The summed E-state index contributed by atoms with van der Waals surface area (Å²) in [6, 6.07) is 7.91. The van der Waals surface area contributed by atoms with Crippen LogP contribution in [0.2, 0.25) is 0 Å². The quantitative estimate of drug-likeness (QED) is 0.471. The number of fused-ring (bicyclic) bond motifs is 1. The van der Waals surface area contributed by atoms with Gasteiger partial charge in [-0.2, -0.15) is 13.2 Å². The second-order valence-corrected chi connectivity index (χ2v) is 4.82. The molecule has 118 valence electrons. The summed E-state index contributed by atoms with van der Waals surface area (Å²) in [5.41, 5.74) is -0.138. The molecule has 0 spiro atoms. The minimum atomic E-state index is -4.48. The fourth-order valence-corrected chi connectivity index (χ4v) is 2.07. The monoisotopic (exact) mass is 322 g/mol. The topological polar surface area (TPSA) is 42.0 Å². The van der Waals surface area contributed by atoms with Crippen LogP contribution >= 0.6 is 0 Å². The number of imidazole rings is 1. The van der Waals surface area contributed by atoms with Crippen molar-refractivity contribution in [3.8, 4) is 0 Å². The largest absolute Gasteiger partial charge is 0.417 e. The summed E-state index contributed by atoms with van der Waals surface area (Å²) in [6.07, 6.45) is -3.59. The molecule has 23 heavy (non-hydrogen) atoms. The number of aromatic nitrogens is 2. The molecule has 0 aliphatic rings. The van der Waals surface area contributed by atoms with Gasteiger partial charge in [-0.25, -0.2) is 9.37 Å². The van der Waals surface area contributed by atoms with Crippen LogP contribution in [-0.2, 0) is 6.18 Å². The van der Waals surface area contributed by atoms with Crippen LogP contribution in [0.4, 0.5) is 29.1 Å². The number of rotatable bonds is 2. The van der Waals surface area contributed by atoms with Gasteiger partial charge in [-0.15, -0.1) is 10.2 Å². The van der Waals surface area contributed by atoms with Gasteiger partial charge in [0.15, 0.2) is 11.6 Å². The maximum atomic E-state index is 13.5. The number of hydrogen-bond acceptors (Lipinski definition) is 3. The molecule has 0 aliphatic carbocycles. The molecular weight excluding hydrogens is 312 g/mol. The lowest BCUT2D eigenvalue weighted by atomic mass is 10.3. The van der Waals surface area contributed by atoms with E-state index in [0.717, 1.165) is 12.3 Å². The van der Waals surface area contributed by atoms with Gasteiger partial charge in [0.1, 0.15) is 11.3 Å². The maximum absolute atomic E-state index is 13.5. The Morgan fingerprint density at radius 1 is 1.04 bits per heavy atom. The first-order valence-corrected chi connectivity index (χ1v) is 6.58. The predicted molar refractivity (Wildman–Crippen MR) is 75.5 cm³/mol. The molecule has 1 aromatic carbocycles. The Labute approximate surface area is 128 Å². The summed E-state index contributed by atoms with van der Waals surface area (Å²) in [5, 5.41) is 7.63. The van der Waals surface area contributed by atoms with Crippen molar-refractivity contribution in [2.24, 2.45) is 10.2 Å². The minimum Gasteiger partial charge on any atom is -0.282 e. The van der Waals surface area contributed by atoms with Gasteiger partial charge >= 0.3 is 6.18 Å². The first-order chi connectivity index (χ1) is 10.9. The van der Waals surface area contributed by atoms with Crippen molar-refractivity contribution >= 4 is 17.2 Å². The standard InChI is InChI=1S/C15H10F4N4/c1-9-14(22-21-12-5-3-2-4-11(12)16)23-8-10(15(17,18)19)6-7-13(23)20-9/h2-8H,1H3. The second-order valence-electron chi connectivity index (χ2n) is 4.82. The molecule has 2 aromatic heterocycles. The molecule has 0 aliphatic heterocycles. The smallest absolute Gasteiger partial charge is 0.282 e. The zero-order valence-corrected chi connectivity index (χ0v) is 11.8. The Balaban J connectivity index is 2.10. The van der Waals surface area contributed by atoms with E-state index < -0.39 is 17.6 Å². The van der Waals surface area contributed by atoms with Crippen molar-refractivity contribution in [2.45, 2.75) is 13.1 Å². The number of azo groups is 1. The van der Waals surface area contributed by atoms with E-state index in [1.165, 1.54) is 28.7 Å². The predicted octanol–water partition coefficient (Wildman–Crippen LogP) is 5.22.